The smallest absolute Gasteiger partial charge is 0.156 e. The van der Waals surface area contributed by atoms with Gasteiger partial charge < -0.3 is 4.74 Å². The normalized spacial score (nSPS) is 18.6. The van der Waals surface area contributed by atoms with E-state index in [0.717, 1.165) is 29.8 Å². The zero-order valence-electron chi connectivity index (χ0n) is 14.0. The highest BCUT2D eigenvalue weighted by Gasteiger charge is 2.41. The fourth-order valence-corrected chi connectivity index (χ4v) is 3.36. The van der Waals surface area contributed by atoms with E-state index in [2.05, 4.69) is 36.1 Å². The molecule has 0 spiro atoms. The summed E-state index contributed by atoms with van der Waals surface area (Å²) in [5.41, 5.74) is 2.39. The molecule has 0 bridgehead atoms. The van der Waals surface area contributed by atoms with Crippen LogP contribution in [0.25, 0.3) is 6.08 Å². The lowest BCUT2D eigenvalue weighted by molar-refractivity contribution is 0.00577. The lowest BCUT2D eigenvalue weighted by Gasteiger charge is -2.42. The van der Waals surface area contributed by atoms with Gasteiger partial charge in [0.1, 0.15) is 0 Å². The summed E-state index contributed by atoms with van der Waals surface area (Å²) in [6, 6.07) is 22.9. The van der Waals surface area contributed by atoms with E-state index >= 15 is 0 Å². The Balaban J connectivity index is 2.10. The monoisotopic (exact) mass is 318 g/mol. The number of ether oxygens (including phenoxy) is 1. The molecule has 1 atom stereocenters. The van der Waals surface area contributed by atoms with E-state index in [0.29, 0.717) is 13.2 Å². The average Bonchev–Trinajstić information content (AvgIpc) is 2.65. The molecule has 0 aromatic heterocycles. The Morgan fingerprint density at radius 1 is 1.04 bits per heavy atom. The molecule has 3 nitrogen and oxygen atoms in total. The molecule has 0 N–H and O–H groups in total. The molecule has 1 saturated heterocycles. The molecule has 1 aliphatic heterocycles. The Hall–Kier alpha value is -2.41. The van der Waals surface area contributed by atoms with Gasteiger partial charge in [-0.1, -0.05) is 66.7 Å². The summed E-state index contributed by atoms with van der Waals surface area (Å²) < 4.78 is 5.50. The van der Waals surface area contributed by atoms with Crippen molar-refractivity contribution < 1.29 is 4.74 Å². The van der Waals surface area contributed by atoms with Crippen LogP contribution in [-0.4, -0.2) is 31.2 Å². The van der Waals surface area contributed by atoms with Crippen LogP contribution < -0.4 is 0 Å². The third-order valence-electron chi connectivity index (χ3n) is 4.59. The van der Waals surface area contributed by atoms with E-state index in [9.17, 15) is 5.26 Å². The van der Waals surface area contributed by atoms with Gasteiger partial charge in [0.05, 0.1) is 19.3 Å². The summed E-state index contributed by atoms with van der Waals surface area (Å²) in [5.74, 6) is 0. The van der Waals surface area contributed by atoms with Gasteiger partial charge in [0.15, 0.2) is 5.54 Å². The van der Waals surface area contributed by atoms with Crippen molar-refractivity contribution in [3.63, 3.8) is 0 Å². The zero-order valence-corrected chi connectivity index (χ0v) is 14.0. The molecular weight excluding hydrogens is 296 g/mol. The Labute approximate surface area is 143 Å². The Morgan fingerprint density at radius 3 is 2.21 bits per heavy atom. The minimum absolute atomic E-state index is 0.662. The van der Waals surface area contributed by atoms with Crippen LogP contribution in [0.1, 0.15) is 18.1 Å². The van der Waals surface area contributed by atoms with Crippen molar-refractivity contribution >= 4 is 6.08 Å². The van der Waals surface area contributed by atoms with Crippen molar-refractivity contribution in [2.45, 2.75) is 12.5 Å². The molecule has 1 heterocycles. The van der Waals surface area contributed by atoms with E-state index in [-0.39, 0.29) is 0 Å². The lowest BCUT2D eigenvalue weighted by Crippen LogP contribution is -2.51. The van der Waals surface area contributed by atoms with E-state index in [4.69, 9.17) is 4.74 Å². The summed E-state index contributed by atoms with van der Waals surface area (Å²) in [4.78, 5) is 2.24. The SMILES string of the molecule is C/C(=C\c1ccccc1)C(C#N)(c1ccccc1)N1CCOCC1. The summed E-state index contributed by atoms with van der Waals surface area (Å²) in [5, 5.41) is 10.3. The topological polar surface area (TPSA) is 36.3 Å². The second kappa shape index (κ2) is 7.44. The highest BCUT2D eigenvalue weighted by molar-refractivity contribution is 5.59. The van der Waals surface area contributed by atoms with E-state index < -0.39 is 5.54 Å². The van der Waals surface area contributed by atoms with Crippen molar-refractivity contribution in [2.75, 3.05) is 26.3 Å². The Kier molecular flexibility index (Phi) is 5.10. The van der Waals surface area contributed by atoms with Gasteiger partial charge in [-0.3, -0.25) is 4.90 Å². The van der Waals surface area contributed by atoms with Crippen LogP contribution in [0.4, 0.5) is 0 Å². The lowest BCUT2D eigenvalue weighted by atomic mass is 9.81. The van der Waals surface area contributed by atoms with Crippen LogP contribution in [0.15, 0.2) is 66.2 Å². The molecule has 2 aromatic rings. The first kappa shape index (κ1) is 16.4. The van der Waals surface area contributed by atoms with Gasteiger partial charge >= 0.3 is 0 Å². The van der Waals surface area contributed by atoms with Crippen molar-refractivity contribution in [1.29, 1.82) is 5.26 Å². The number of rotatable bonds is 4. The van der Waals surface area contributed by atoms with Crippen LogP contribution in [0.3, 0.4) is 0 Å². The van der Waals surface area contributed by atoms with Gasteiger partial charge in [-0.15, -0.1) is 0 Å². The summed E-state index contributed by atoms with van der Waals surface area (Å²) in [6.07, 6.45) is 2.12. The number of hydrogen-bond acceptors (Lipinski definition) is 3. The third kappa shape index (κ3) is 3.12. The maximum atomic E-state index is 10.3. The zero-order chi connectivity index (χ0) is 16.8. The first-order valence-corrected chi connectivity index (χ1v) is 8.31. The minimum Gasteiger partial charge on any atom is -0.379 e. The molecule has 3 rings (SSSR count). The number of hydrogen-bond donors (Lipinski definition) is 0. The van der Waals surface area contributed by atoms with Crippen molar-refractivity contribution in [2.24, 2.45) is 0 Å². The highest BCUT2D eigenvalue weighted by atomic mass is 16.5. The molecule has 122 valence electrons. The second-order valence-electron chi connectivity index (χ2n) is 6.03. The van der Waals surface area contributed by atoms with Crippen LogP contribution in [0.5, 0.6) is 0 Å². The number of nitrogens with zero attached hydrogens (tertiary/aromatic N) is 2. The van der Waals surface area contributed by atoms with Gasteiger partial charge in [-0.05, 0) is 23.6 Å². The Morgan fingerprint density at radius 2 is 1.62 bits per heavy atom. The standard InChI is InChI=1S/C21H22N2O/c1-18(16-19-8-4-2-5-9-19)21(17-22,20-10-6-3-7-11-20)23-12-14-24-15-13-23/h2-11,16H,12-15H2,1H3/b18-16+. The van der Waals surface area contributed by atoms with Gasteiger partial charge in [-0.25, -0.2) is 0 Å². The number of benzene rings is 2. The van der Waals surface area contributed by atoms with Gasteiger partial charge in [0.2, 0.25) is 0 Å². The van der Waals surface area contributed by atoms with Crippen LogP contribution >= 0.6 is 0 Å². The molecular formula is C21H22N2O. The van der Waals surface area contributed by atoms with Crippen molar-refractivity contribution in [1.82, 2.24) is 4.90 Å². The molecule has 0 amide bonds. The van der Waals surface area contributed by atoms with Gasteiger partial charge in [-0.2, -0.15) is 5.26 Å². The highest BCUT2D eigenvalue weighted by Crippen LogP contribution is 2.37. The molecule has 2 aromatic carbocycles. The summed E-state index contributed by atoms with van der Waals surface area (Å²) >= 11 is 0. The first-order valence-electron chi connectivity index (χ1n) is 8.31. The molecule has 1 unspecified atom stereocenters. The van der Waals surface area contributed by atoms with E-state index in [1.165, 1.54) is 0 Å². The molecule has 1 aliphatic rings. The summed E-state index contributed by atoms with van der Waals surface area (Å²) in [7, 11) is 0. The molecule has 0 aliphatic carbocycles. The fraction of sp³-hybridized carbons (Fsp3) is 0.286. The minimum atomic E-state index is -0.763. The second-order valence-corrected chi connectivity index (χ2v) is 6.03. The van der Waals surface area contributed by atoms with Crippen molar-refractivity contribution in [3.8, 4) is 6.07 Å². The first-order chi connectivity index (χ1) is 11.8. The maximum absolute atomic E-state index is 10.3. The predicted molar refractivity (Wildman–Crippen MR) is 96.2 cm³/mol. The van der Waals surface area contributed by atoms with Crippen LogP contribution in [-0.2, 0) is 10.3 Å². The van der Waals surface area contributed by atoms with Gasteiger partial charge in [0, 0.05) is 13.1 Å². The Bertz CT molecular complexity index is 727. The molecule has 3 heteroatoms. The largest absolute Gasteiger partial charge is 0.379 e. The fourth-order valence-electron chi connectivity index (χ4n) is 3.36. The number of nitriles is 1. The van der Waals surface area contributed by atoms with Gasteiger partial charge in [0.25, 0.3) is 0 Å². The van der Waals surface area contributed by atoms with Crippen LogP contribution in [0, 0.1) is 11.3 Å². The third-order valence-corrected chi connectivity index (χ3v) is 4.59. The maximum Gasteiger partial charge on any atom is 0.156 e. The predicted octanol–water partition coefficient (Wildman–Crippen LogP) is 3.84. The number of morpholine rings is 1. The van der Waals surface area contributed by atoms with Crippen LogP contribution in [0.2, 0.25) is 0 Å². The van der Waals surface area contributed by atoms with E-state index in [1.807, 2.05) is 48.5 Å². The van der Waals surface area contributed by atoms with E-state index in [1.54, 1.807) is 0 Å². The molecule has 0 radical (unpaired) electrons. The molecule has 24 heavy (non-hydrogen) atoms. The van der Waals surface area contributed by atoms with Crippen molar-refractivity contribution in [3.05, 3.63) is 77.4 Å². The summed E-state index contributed by atoms with van der Waals surface area (Å²) in [6.45, 7) is 4.88. The average molecular weight is 318 g/mol. The molecule has 0 saturated carbocycles. The quantitative estimate of drug-likeness (QED) is 0.859. The molecule has 1 fully saturated rings.